The highest BCUT2D eigenvalue weighted by atomic mass is 32.2. The minimum atomic E-state index is -3.52. The molecular formula is C11H19N3O3S2. The molecular weight excluding hydrogens is 286 g/mol. The second kappa shape index (κ2) is 5.38. The fraction of sp³-hybridized carbons (Fsp3) is 0.545. The van der Waals surface area contributed by atoms with E-state index >= 15 is 0 Å². The van der Waals surface area contributed by atoms with Crippen LogP contribution in [0.2, 0.25) is 0 Å². The van der Waals surface area contributed by atoms with Crippen LogP contribution in [0.3, 0.4) is 0 Å². The molecule has 0 saturated heterocycles. The molecule has 0 spiro atoms. The quantitative estimate of drug-likeness (QED) is 0.841. The number of hydrogen-bond donors (Lipinski definition) is 2. The van der Waals surface area contributed by atoms with Gasteiger partial charge in [-0.2, -0.15) is 0 Å². The molecule has 0 saturated carbocycles. The third-order valence-corrected chi connectivity index (χ3v) is 5.08. The van der Waals surface area contributed by atoms with Crippen molar-refractivity contribution in [3.8, 4) is 0 Å². The van der Waals surface area contributed by atoms with Crippen molar-refractivity contribution in [1.82, 2.24) is 0 Å². The maximum absolute atomic E-state index is 11.8. The summed E-state index contributed by atoms with van der Waals surface area (Å²) in [5, 5.41) is 0.461. The Balaban J connectivity index is 3.46. The highest BCUT2D eigenvalue weighted by Crippen LogP contribution is 2.41. The molecule has 0 fully saturated rings. The zero-order chi connectivity index (χ0) is 15.0. The van der Waals surface area contributed by atoms with Crippen LogP contribution in [0.5, 0.6) is 0 Å². The van der Waals surface area contributed by atoms with E-state index in [0.717, 1.165) is 17.6 Å². The molecule has 1 amide bonds. The van der Waals surface area contributed by atoms with Crippen LogP contribution in [0.15, 0.2) is 4.90 Å². The van der Waals surface area contributed by atoms with E-state index in [2.05, 4.69) is 0 Å². The van der Waals surface area contributed by atoms with Crippen LogP contribution in [0.4, 0.5) is 10.7 Å². The average Bonchev–Trinajstić information content (AvgIpc) is 2.54. The lowest BCUT2D eigenvalue weighted by molar-refractivity contribution is 0.100. The Kier molecular flexibility index (Phi) is 4.46. The molecule has 1 rings (SSSR count). The topological polar surface area (TPSA) is 106 Å². The van der Waals surface area contributed by atoms with Crippen molar-refractivity contribution in [2.75, 3.05) is 30.5 Å². The summed E-state index contributed by atoms with van der Waals surface area (Å²) in [5.74, 6) is -0.366. The number of nitrogens with zero attached hydrogens (tertiary/aromatic N) is 1. The van der Waals surface area contributed by atoms with Crippen molar-refractivity contribution < 1.29 is 13.2 Å². The Morgan fingerprint density at radius 1 is 1.42 bits per heavy atom. The first-order valence-electron chi connectivity index (χ1n) is 5.69. The number of carbonyl (C=O) groups is 1. The van der Waals surface area contributed by atoms with Gasteiger partial charge in [-0.05, 0) is 5.92 Å². The van der Waals surface area contributed by atoms with Gasteiger partial charge in [0.2, 0.25) is 0 Å². The number of hydrogen-bond acceptors (Lipinski definition) is 6. The monoisotopic (exact) mass is 305 g/mol. The largest absolute Gasteiger partial charge is 0.396 e. The number of amides is 1. The van der Waals surface area contributed by atoms with Crippen molar-refractivity contribution in [2.24, 2.45) is 11.7 Å². The summed E-state index contributed by atoms with van der Waals surface area (Å²) in [6, 6.07) is 0. The fourth-order valence-corrected chi connectivity index (χ4v) is 4.40. The molecule has 0 bridgehead atoms. The SMILES string of the molecule is CC(C)CN(C)c1sc(C(N)=O)c(N)c1S(C)(=O)=O. The minimum absolute atomic E-state index is 0.00514. The van der Waals surface area contributed by atoms with Crippen molar-refractivity contribution in [2.45, 2.75) is 18.7 Å². The Hall–Kier alpha value is -1.28. The second-order valence-corrected chi connectivity index (χ2v) is 7.84. The van der Waals surface area contributed by atoms with Gasteiger partial charge in [0, 0.05) is 19.8 Å². The summed E-state index contributed by atoms with van der Waals surface area (Å²) in [4.78, 5) is 13.2. The molecule has 0 aliphatic heterocycles. The lowest BCUT2D eigenvalue weighted by Gasteiger charge is -2.20. The molecule has 0 atom stereocenters. The number of sulfone groups is 1. The van der Waals surface area contributed by atoms with Crippen molar-refractivity contribution in [3.05, 3.63) is 4.88 Å². The van der Waals surface area contributed by atoms with Gasteiger partial charge < -0.3 is 16.4 Å². The number of thiophene rings is 1. The van der Waals surface area contributed by atoms with Gasteiger partial charge in [-0.15, -0.1) is 11.3 Å². The van der Waals surface area contributed by atoms with Gasteiger partial charge in [0.1, 0.15) is 14.8 Å². The number of rotatable bonds is 5. The second-order valence-electron chi connectivity index (χ2n) is 4.89. The van der Waals surface area contributed by atoms with Gasteiger partial charge >= 0.3 is 0 Å². The summed E-state index contributed by atoms with van der Waals surface area (Å²) in [6.45, 7) is 4.69. The summed E-state index contributed by atoms with van der Waals surface area (Å²) >= 11 is 1.02. The van der Waals surface area contributed by atoms with Crippen LogP contribution >= 0.6 is 11.3 Å². The van der Waals surface area contributed by atoms with E-state index in [0.29, 0.717) is 17.5 Å². The van der Waals surface area contributed by atoms with E-state index < -0.39 is 15.7 Å². The Labute approximate surface area is 117 Å². The van der Waals surface area contributed by atoms with Crippen molar-refractivity contribution in [1.29, 1.82) is 0 Å². The van der Waals surface area contributed by atoms with Crippen LogP contribution in [0, 0.1) is 5.92 Å². The molecule has 1 aromatic heterocycles. The highest BCUT2D eigenvalue weighted by Gasteiger charge is 2.28. The van der Waals surface area contributed by atoms with Gasteiger partial charge in [0.05, 0.1) is 5.69 Å². The maximum Gasteiger partial charge on any atom is 0.261 e. The van der Waals surface area contributed by atoms with Crippen molar-refractivity contribution >= 4 is 37.8 Å². The maximum atomic E-state index is 11.8. The van der Waals surface area contributed by atoms with Gasteiger partial charge in [-0.1, -0.05) is 13.8 Å². The van der Waals surface area contributed by atoms with Crippen LogP contribution < -0.4 is 16.4 Å². The first-order chi connectivity index (χ1) is 8.55. The van der Waals surface area contributed by atoms with Crippen molar-refractivity contribution in [3.63, 3.8) is 0 Å². The number of nitrogens with two attached hydrogens (primary N) is 2. The molecule has 0 aliphatic rings. The first kappa shape index (κ1) is 15.8. The Morgan fingerprint density at radius 2 is 1.95 bits per heavy atom. The molecule has 0 aromatic carbocycles. The molecule has 6 nitrogen and oxygen atoms in total. The summed E-state index contributed by atoms with van der Waals surface area (Å²) in [7, 11) is -1.75. The third-order valence-electron chi connectivity index (χ3n) is 2.46. The van der Waals surface area contributed by atoms with E-state index in [1.807, 2.05) is 13.8 Å². The van der Waals surface area contributed by atoms with E-state index in [9.17, 15) is 13.2 Å². The predicted octanol–water partition coefficient (Wildman–Crippen LogP) is 0.925. The van der Waals surface area contributed by atoms with E-state index in [1.165, 1.54) is 0 Å². The Morgan fingerprint density at radius 3 is 2.32 bits per heavy atom. The minimum Gasteiger partial charge on any atom is -0.396 e. The van der Waals surface area contributed by atoms with Gasteiger partial charge in [-0.25, -0.2) is 8.42 Å². The van der Waals surface area contributed by atoms with Crippen LogP contribution in [0.25, 0.3) is 0 Å². The normalized spacial score (nSPS) is 11.8. The molecule has 1 aromatic rings. The molecule has 0 unspecified atom stereocenters. The predicted molar refractivity (Wildman–Crippen MR) is 78.5 cm³/mol. The highest BCUT2D eigenvalue weighted by molar-refractivity contribution is 7.91. The zero-order valence-corrected chi connectivity index (χ0v) is 13.1. The van der Waals surface area contributed by atoms with Crippen LogP contribution in [0.1, 0.15) is 23.5 Å². The first-order valence-corrected chi connectivity index (χ1v) is 8.39. The summed E-state index contributed by atoms with van der Waals surface area (Å²) < 4.78 is 23.7. The van der Waals surface area contributed by atoms with Gasteiger partial charge in [0.15, 0.2) is 9.84 Å². The fourth-order valence-electron chi connectivity index (χ4n) is 1.84. The summed E-state index contributed by atoms with van der Waals surface area (Å²) in [5.41, 5.74) is 10.9. The number of nitrogen functional groups attached to an aromatic ring is 1. The summed E-state index contributed by atoms with van der Waals surface area (Å²) in [6.07, 6.45) is 1.07. The van der Waals surface area contributed by atoms with Gasteiger partial charge in [0.25, 0.3) is 5.91 Å². The van der Waals surface area contributed by atoms with E-state index in [1.54, 1.807) is 11.9 Å². The molecule has 1 heterocycles. The smallest absolute Gasteiger partial charge is 0.261 e. The number of anilines is 2. The molecule has 108 valence electrons. The third kappa shape index (κ3) is 3.38. The Bertz CT molecular complexity index is 591. The number of carbonyl (C=O) groups excluding carboxylic acids is 1. The molecule has 0 radical (unpaired) electrons. The van der Waals surface area contributed by atoms with E-state index in [-0.39, 0.29) is 15.5 Å². The standard InChI is InChI=1S/C11H19N3O3S2/c1-6(2)5-14(3)11-9(19(4,16)17)7(12)8(18-11)10(13)15/h6H,5,12H2,1-4H3,(H2,13,15). The lowest BCUT2D eigenvalue weighted by Crippen LogP contribution is -2.23. The van der Waals surface area contributed by atoms with Gasteiger partial charge in [-0.3, -0.25) is 4.79 Å². The van der Waals surface area contributed by atoms with Crippen LogP contribution in [-0.2, 0) is 9.84 Å². The molecule has 19 heavy (non-hydrogen) atoms. The average molecular weight is 305 g/mol. The van der Waals surface area contributed by atoms with Crippen LogP contribution in [-0.4, -0.2) is 34.2 Å². The lowest BCUT2D eigenvalue weighted by atomic mass is 10.2. The zero-order valence-electron chi connectivity index (χ0n) is 11.4. The molecule has 0 aliphatic carbocycles. The number of primary amides is 1. The van der Waals surface area contributed by atoms with E-state index in [4.69, 9.17) is 11.5 Å². The molecule has 4 N–H and O–H groups in total. The molecule has 8 heteroatoms.